The van der Waals surface area contributed by atoms with Gasteiger partial charge in [-0.05, 0) is 43.9 Å². The van der Waals surface area contributed by atoms with Crippen LogP contribution in [0.5, 0.6) is 0 Å². The van der Waals surface area contributed by atoms with Gasteiger partial charge in [-0.1, -0.05) is 32.9 Å². The van der Waals surface area contributed by atoms with E-state index in [9.17, 15) is 4.79 Å². The third kappa shape index (κ3) is 4.78. The van der Waals surface area contributed by atoms with E-state index in [1.807, 2.05) is 45.0 Å². The Morgan fingerprint density at radius 3 is 1.89 bits per heavy atom. The molecule has 0 aliphatic carbocycles. The molecule has 0 saturated heterocycles. The van der Waals surface area contributed by atoms with Crippen LogP contribution >= 0.6 is 0 Å². The SMILES string of the molecule is CC(C)(C)OC(=O)Nc1ccc(C(C)(C)C)cc1. The largest absolute Gasteiger partial charge is 0.444 e. The average molecular weight is 249 g/mol. The average Bonchev–Trinajstić information content (AvgIpc) is 2.13. The van der Waals surface area contributed by atoms with E-state index in [4.69, 9.17) is 4.74 Å². The second-order valence-corrected chi connectivity index (χ2v) is 6.45. The van der Waals surface area contributed by atoms with Gasteiger partial charge >= 0.3 is 6.09 Å². The fraction of sp³-hybridized carbons (Fsp3) is 0.533. The van der Waals surface area contributed by atoms with Crippen molar-refractivity contribution in [2.45, 2.75) is 52.6 Å². The van der Waals surface area contributed by atoms with E-state index in [0.29, 0.717) is 0 Å². The van der Waals surface area contributed by atoms with Crippen molar-refractivity contribution >= 4 is 11.8 Å². The molecular weight excluding hydrogens is 226 g/mol. The highest BCUT2D eigenvalue weighted by molar-refractivity contribution is 5.84. The number of ether oxygens (including phenoxy) is 1. The molecule has 0 aliphatic rings. The number of rotatable bonds is 1. The summed E-state index contributed by atoms with van der Waals surface area (Å²) >= 11 is 0. The molecule has 0 heterocycles. The standard InChI is InChI=1S/C15H23NO2/c1-14(2,3)11-7-9-12(10-8-11)16-13(17)18-15(4,5)6/h7-10H,1-6H3,(H,16,17). The lowest BCUT2D eigenvalue weighted by Gasteiger charge is -2.21. The van der Waals surface area contributed by atoms with Crippen LogP contribution in [-0.2, 0) is 10.2 Å². The van der Waals surface area contributed by atoms with Crippen molar-refractivity contribution in [3.8, 4) is 0 Å². The van der Waals surface area contributed by atoms with Gasteiger partial charge in [0.1, 0.15) is 5.60 Å². The zero-order valence-corrected chi connectivity index (χ0v) is 12.1. The third-order valence-corrected chi connectivity index (χ3v) is 2.40. The van der Waals surface area contributed by atoms with Crippen molar-refractivity contribution in [3.63, 3.8) is 0 Å². The predicted octanol–water partition coefficient (Wildman–Crippen LogP) is 4.33. The molecule has 0 fully saturated rings. The zero-order valence-electron chi connectivity index (χ0n) is 12.1. The summed E-state index contributed by atoms with van der Waals surface area (Å²) in [6.45, 7) is 12.0. The van der Waals surface area contributed by atoms with Crippen LogP contribution in [0, 0.1) is 0 Å². The van der Waals surface area contributed by atoms with Crippen LogP contribution in [0.15, 0.2) is 24.3 Å². The van der Waals surface area contributed by atoms with Gasteiger partial charge in [0.05, 0.1) is 0 Å². The summed E-state index contributed by atoms with van der Waals surface area (Å²) in [7, 11) is 0. The minimum Gasteiger partial charge on any atom is -0.444 e. The van der Waals surface area contributed by atoms with E-state index in [1.54, 1.807) is 0 Å². The molecule has 0 saturated carbocycles. The minimum atomic E-state index is -0.477. The van der Waals surface area contributed by atoms with Crippen molar-refractivity contribution in [3.05, 3.63) is 29.8 Å². The summed E-state index contributed by atoms with van der Waals surface area (Å²) in [5.74, 6) is 0. The van der Waals surface area contributed by atoms with Crippen LogP contribution < -0.4 is 5.32 Å². The fourth-order valence-electron chi connectivity index (χ4n) is 1.48. The topological polar surface area (TPSA) is 38.3 Å². The van der Waals surface area contributed by atoms with Crippen LogP contribution in [0.2, 0.25) is 0 Å². The Bertz CT molecular complexity index is 408. The first kappa shape index (κ1) is 14.6. The number of hydrogen-bond acceptors (Lipinski definition) is 2. The molecule has 0 radical (unpaired) electrons. The summed E-state index contributed by atoms with van der Waals surface area (Å²) in [6.07, 6.45) is -0.425. The Balaban J connectivity index is 2.67. The van der Waals surface area contributed by atoms with Crippen LogP contribution in [0.4, 0.5) is 10.5 Å². The summed E-state index contributed by atoms with van der Waals surface area (Å²) in [5.41, 5.74) is 1.62. The van der Waals surface area contributed by atoms with Crippen molar-refractivity contribution in [2.75, 3.05) is 5.32 Å². The van der Waals surface area contributed by atoms with E-state index in [2.05, 4.69) is 26.1 Å². The van der Waals surface area contributed by atoms with Gasteiger partial charge in [-0.2, -0.15) is 0 Å². The fourth-order valence-corrected chi connectivity index (χ4v) is 1.48. The van der Waals surface area contributed by atoms with Gasteiger partial charge in [0.2, 0.25) is 0 Å². The van der Waals surface area contributed by atoms with Crippen molar-refractivity contribution in [1.82, 2.24) is 0 Å². The minimum absolute atomic E-state index is 0.116. The normalized spacial score (nSPS) is 12.1. The van der Waals surface area contributed by atoms with Gasteiger partial charge in [-0.15, -0.1) is 0 Å². The van der Waals surface area contributed by atoms with Crippen LogP contribution in [0.25, 0.3) is 0 Å². The maximum Gasteiger partial charge on any atom is 0.412 e. The first-order valence-corrected chi connectivity index (χ1v) is 6.18. The Morgan fingerprint density at radius 1 is 1.00 bits per heavy atom. The quantitative estimate of drug-likeness (QED) is 0.804. The first-order chi connectivity index (χ1) is 8.08. The Morgan fingerprint density at radius 2 is 1.50 bits per heavy atom. The van der Waals surface area contributed by atoms with E-state index in [-0.39, 0.29) is 5.41 Å². The Labute approximate surface area is 110 Å². The molecule has 100 valence electrons. The lowest BCUT2D eigenvalue weighted by Crippen LogP contribution is -2.27. The van der Waals surface area contributed by atoms with Gasteiger partial charge in [-0.3, -0.25) is 5.32 Å². The molecule has 1 N–H and O–H groups in total. The summed E-state index contributed by atoms with van der Waals surface area (Å²) in [4.78, 5) is 11.6. The molecule has 0 atom stereocenters. The third-order valence-electron chi connectivity index (χ3n) is 2.40. The molecule has 1 aromatic carbocycles. The number of hydrogen-bond donors (Lipinski definition) is 1. The maximum absolute atomic E-state index is 11.6. The number of carbonyl (C=O) groups is 1. The highest BCUT2D eigenvalue weighted by atomic mass is 16.6. The number of benzene rings is 1. The van der Waals surface area contributed by atoms with E-state index in [1.165, 1.54) is 5.56 Å². The number of carbonyl (C=O) groups excluding carboxylic acids is 1. The van der Waals surface area contributed by atoms with Crippen molar-refractivity contribution in [2.24, 2.45) is 0 Å². The zero-order chi connectivity index (χ0) is 14.0. The number of nitrogens with one attached hydrogen (secondary N) is 1. The molecule has 3 heteroatoms. The number of amides is 1. The second kappa shape index (κ2) is 5.01. The summed E-state index contributed by atoms with van der Waals surface area (Å²) < 4.78 is 5.19. The molecule has 0 aliphatic heterocycles. The summed E-state index contributed by atoms with van der Waals surface area (Å²) in [6, 6.07) is 7.83. The first-order valence-electron chi connectivity index (χ1n) is 6.18. The lowest BCUT2D eigenvalue weighted by atomic mass is 9.87. The molecule has 0 aromatic heterocycles. The van der Waals surface area contributed by atoms with Crippen LogP contribution in [0.3, 0.4) is 0 Å². The van der Waals surface area contributed by atoms with Gasteiger partial charge < -0.3 is 4.74 Å². The molecule has 1 amide bonds. The van der Waals surface area contributed by atoms with Gasteiger partial charge in [0, 0.05) is 5.69 Å². The van der Waals surface area contributed by atoms with Crippen LogP contribution in [0.1, 0.15) is 47.1 Å². The van der Waals surface area contributed by atoms with Gasteiger partial charge in [0.25, 0.3) is 0 Å². The molecule has 3 nitrogen and oxygen atoms in total. The monoisotopic (exact) mass is 249 g/mol. The highest BCUT2D eigenvalue weighted by Gasteiger charge is 2.17. The van der Waals surface area contributed by atoms with E-state index in [0.717, 1.165) is 5.69 Å². The molecule has 0 spiro atoms. The Hall–Kier alpha value is -1.51. The maximum atomic E-state index is 11.6. The van der Waals surface area contributed by atoms with E-state index >= 15 is 0 Å². The molecule has 1 aromatic rings. The van der Waals surface area contributed by atoms with E-state index < -0.39 is 11.7 Å². The molecular formula is C15H23NO2. The predicted molar refractivity (Wildman–Crippen MR) is 75.0 cm³/mol. The van der Waals surface area contributed by atoms with Crippen LogP contribution in [-0.4, -0.2) is 11.7 Å². The van der Waals surface area contributed by atoms with Gasteiger partial charge in [-0.25, -0.2) is 4.79 Å². The van der Waals surface area contributed by atoms with Crippen molar-refractivity contribution in [1.29, 1.82) is 0 Å². The lowest BCUT2D eigenvalue weighted by molar-refractivity contribution is 0.0636. The highest BCUT2D eigenvalue weighted by Crippen LogP contribution is 2.23. The van der Waals surface area contributed by atoms with Crippen molar-refractivity contribution < 1.29 is 9.53 Å². The molecule has 18 heavy (non-hydrogen) atoms. The molecule has 1 rings (SSSR count). The molecule has 0 unspecified atom stereocenters. The molecule has 0 bridgehead atoms. The smallest absolute Gasteiger partial charge is 0.412 e. The second-order valence-electron chi connectivity index (χ2n) is 6.45. The summed E-state index contributed by atoms with van der Waals surface area (Å²) in [5, 5.41) is 2.72. The number of anilines is 1. The van der Waals surface area contributed by atoms with Gasteiger partial charge in [0.15, 0.2) is 0 Å². The Kier molecular flexibility index (Phi) is 4.05.